The summed E-state index contributed by atoms with van der Waals surface area (Å²) >= 11 is 0. The van der Waals surface area contributed by atoms with Gasteiger partial charge >= 0.3 is 5.97 Å². The molecule has 0 fully saturated rings. The molecule has 2 rings (SSSR count). The summed E-state index contributed by atoms with van der Waals surface area (Å²) in [5.74, 6) is -1.50. The molecular weight excluding hydrogens is 322 g/mol. The minimum Gasteiger partial charge on any atom is -0.481 e. The van der Waals surface area contributed by atoms with E-state index in [2.05, 4.69) is 15.6 Å². The number of hydrogen-bond acceptors (Lipinski definition) is 4. The van der Waals surface area contributed by atoms with E-state index in [0.717, 1.165) is 11.1 Å². The number of carbonyl (C=O) groups is 3. The summed E-state index contributed by atoms with van der Waals surface area (Å²) in [6.07, 6.45) is 1.17. The molecule has 0 spiro atoms. The number of pyridine rings is 1. The average Bonchev–Trinajstić information content (AvgIpc) is 2.54. The molecule has 0 radical (unpaired) electrons. The van der Waals surface area contributed by atoms with Crippen LogP contribution in [0, 0.1) is 6.92 Å². The second kappa shape index (κ2) is 8.05. The molecule has 7 heteroatoms. The molecule has 1 aromatic carbocycles. The summed E-state index contributed by atoms with van der Waals surface area (Å²) in [4.78, 5) is 38.7. The Balaban J connectivity index is 2.24. The lowest BCUT2D eigenvalue weighted by atomic mass is 9.98. The Bertz CT molecular complexity index is 804. The normalized spacial score (nSPS) is 11.4. The zero-order chi connectivity index (χ0) is 18.4. The number of benzene rings is 1. The van der Waals surface area contributed by atoms with Crippen molar-refractivity contribution in [2.75, 3.05) is 5.32 Å². The van der Waals surface area contributed by atoms with Crippen LogP contribution in [0.2, 0.25) is 0 Å². The lowest BCUT2D eigenvalue weighted by Gasteiger charge is -2.19. The van der Waals surface area contributed by atoms with Crippen LogP contribution in [0.5, 0.6) is 0 Å². The molecule has 2 amide bonds. The molecule has 1 aromatic heterocycles. The van der Waals surface area contributed by atoms with Gasteiger partial charge in [-0.25, -0.2) is 4.98 Å². The van der Waals surface area contributed by atoms with Crippen LogP contribution in [0.25, 0.3) is 0 Å². The van der Waals surface area contributed by atoms with Gasteiger partial charge in [-0.15, -0.1) is 0 Å². The van der Waals surface area contributed by atoms with Crippen LogP contribution in [0.15, 0.2) is 42.6 Å². The van der Waals surface area contributed by atoms with E-state index in [4.69, 9.17) is 5.11 Å². The number of aromatic nitrogens is 1. The van der Waals surface area contributed by atoms with Gasteiger partial charge in [0, 0.05) is 18.7 Å². The largest absolute Gasteiger partial charge is 0.481 e. The topological polar surface area (TPSA) is 108 Å². The third kappa shape index (κ3) is 5.13. The predicted molar refractivity (Wildman–Crippen MR) is 92.2 cm³/mol. The Morgan fingerprint density at radius 2 is 1.92 bits per heavy atom. The van der Waals surface area contributed by atoms with Crippen molar-refractivity contribution in [3.63, 3.8) is 0 Å². The Hall–Kier alpha value is -3.22. The van der Waals surface area contributed by atoms with Crippen LogP contribution in [0.3, 0.4) is 0 Å². The van der Waals surface area contributed by atoms with Gasteiger partial charge in [-0.2, -0.15) is 0 Å². The second-order valence-electron chi connectivity index (χ2n) is 5.59. The highest BCUT2D eigenvalue weighted by Gasteiger charge is 2.20. The van der Waals surface area contributed by atoms with E-state index in [0.29, 0.717) is 0 Å². The number of carboxylic acid groups (broad SMARTS) is 1. The van der Waals surface area contributed by atoms with Crippen molar-refractivity contribution in [1.29, 1.82) is 0 Å². The summed E-state index contributed by atoms with van der Waals surface area (Å²) in [6, 6.07) is 9.56. The summed E-state index contributed by atoms with van der Waals surface area (Å²) in [6.45, 7) is 3.20. The summed E-state index contributed by atoms with van der Waals surface area (Å²) in [5, 5.41) is 14.4. The van der Waals surface area contributed by atoms with Crippen molar-refractivity contribution in [1.82, 2.24) is 10.3 Å². The van der Waals surface area contributed by atoms with Gasteiger partial charge in [0.2, 0.25) is 5.91 Å². The van der Waals surface area contributed by atoms with Crippen molar-refractivity contribution < 1.29 is 19.5 Å². The van der Waals surface area contributed by atoms with Gasteiger partial charge < -0.3 is 15.7 Å². The smallest absolute Gasteiger partial charge is 0.305 e. The molecule has 2 aromatic rings. The zero-order valence-corrected chi connectivity index (χ0v) is 13.9. The van der Waals surface area contributed by atoms with Gasteiger partial charge in [-0.05, 0) is 30.2 Å². The summed E-state index contributed by atoms with van der Waals surface area (Å²) < 4.78 is 0. The molecule has 130 valence electrons. The van der Waals surface area contributed by atoms with Crippen LogP contribution >= 0.6 is 0 Å². The quantitative estimate of drug-likeness (QED) is 0.747. The highest BCUT2D eigenvalue weighted by Crippen LogP contribution is 2.21. The maximum Gasteiger partial charge on any atom is 0.305 e. The van der Waals surface area contributed by atoms with Crippen LogP contribution in [0.1, 0.15) is 40.9 Å². The monoisotopic (exact) mass is 341 g/mol. The minimum atomic E-state index is -1.01. The molecule has 0 bridgehead atoms. The number of rotatable bonds is 6. The average molecular weight is 341 g/mol. The first-order valence-electron chi connectivity index (χ1n) is 7.68. The Morgan fingerprint density at radius 1 is 1.20 bits per heavy atom. The standard InChI is InChI=1S/C18H19N3O4/c1-11-5-3-4-6-14(11)15(10-17(23)24)21-18(25)13-7-8-19-16(9-13)20-12(2)22/h3-9,15H,10H2,1-2H3,(H,21,25)(H,23,24)(H,19,20,22)/t15-/m0/s1. The molecule has 0 aliphatic carbocycles. The molecule has 0 aliphatic rings. The van der Waals surface area contributed by atoms with Gasteiger partial charge in [0.15, 0.2) is 0 Å². The molecule has 0 aliphatic heterocycles. The maximum absolute atomic E-state index is 12.5. The van der Waals surface area contributed by atoms with Gasteiger partial charge in [0.1, 0.15) is 5.82 Å². The van der Waals surface area contributed by atoms with Crippen LogP contribution < -0.4 is 10.6 Å². The first-order chi connectivity index (χ1) is 11.9. The summed E-state index contributed by atoms with van der Waals surface area (Å²) in [5.41, 5.74) is 1.92. The van der Waals surface area contributed by atoms with E-state index in [9.17, 15) is 14.4 Å². The van der Waals surface area contributed by atoms with Gasteiger partial charge in [0.05, 0.1) is 12.5 Å². The lowest BCUT2D eigenvalue weighted by molar-refractivity contribution is -0.137. The van der Waals surface area contributed by atoms with Crippen LogP contribution in [-0.2, 0) is 9.59 Å². The van der Waals surface area contributed by atoms with Crippen molar-refractivity contribution >= 4 is 23.6 Å². The van der Waals surface area contributed by atoms with Crippen molar-refractivity contribution in [2.45, 2.75) is 26.3 Å². The van der Waals surface area contributed by atoms with Crippen molar-refractivity contribution in [3.05, 3.63) is 59.3 Å². The highest BCUT2D eigenvalue weighted by molar-refractivity contribution is 5.96. The van der Waals surface area contributed by atoms with Crippen LogP contribution in [0.4, 0.5) is 5.82 Å². The minimum absolute atomic E-state index is 0.236. The fourth-order valence-electron chi connectivity index (χ4n) is 2.45. The number of nitrogens with zero attached hydrogens (tertiary/aromatic N) is 1. The number of amides is 2. The SMILES string of the molecule is CC(=O)Nc1cc(C(=O)N[C@@H](CC(=O)O)c2ccccc2C)ccn1. The third-order valence-electron chi connectivity index (χ3n) is 3.57. The predicted octanol–water partition coefficient (Wildman–Crippen LogP) is 2.29. The first kappa shape index (κ1) is 18.1. The van der Waals surface area contributed by atoms with E-state index < -0.39 is 17.9 Å². The fraction of sp³-hybridized carbons (Fsp3) is 0.222. The number of carboxylic acids is 1. The van der Waals surface area contributed by atoms with E-state index >= 15 is 0 Å². The van der Waals surface area contributed by atoms with Gasteiger partial charge in [0.25, 0.3) is 5.91 Å². The van der Waals surface area contributed by atoms with E-state index in [-0.39, 0.29) is 23.7 Å². The number of carbonyl (C=O) groups excluding carboxylic acids is 2. The maximum atomic E-state index is 12.5. The third-order valence-corrected chi connectivity index (χ3v) is 3.57. The molecule has 0 saturated heterocycles. The van der Waals surface area contributed by atoms with E-state index in [1.165, 1.54) is 25.3 Å². The second-order valence-corrected chi connectivity index (χ2v) is 5.59. The molecule has 1 atom stereocenters. The van der Waals surface area contributed by atoms with E-state index in [1.54, 1.807) is 12.1 Å². The summed E-state index contributed by atoms with van der Waals surface area (Å²) in [7, 11) is 0. The number of hydrogen-bond donors (Lipinski definition) is 3. The lowest BCUT2D eigenvalue weighted by Crippen LogP contribution is -2.30. The van der Waals surface area contributed by atoms with Crippen molar-refractivity contribution in [3.8, 4) is 0 Å². The van der Waals surface area contributed by atoms with E-state index in [1.807, 2.05) is 19.1 Å². The van der Waals surface area contributed by atoms with Crippen LogP contribution in [-0.4, -0.2) is 27.9 Å². The molecule has 0 unspecified atom stereocenters. The number of anilines is 1. The fourth-order valence-corrected chi connectivity index (χ4v) is 2.45. The number of nitrogens with one attached hydrogen (secondary N) is 2. The first-order valence-corrected chi connectivity index (χ1v) is 7.68. The zero-order valence-electron chi connectivity index (χ0n) is 13.9. The number of aryl methyl sites for hydroxylation is 1. The van der Waals surface area contributed by atoms with Gasteiger partial charge in [-0.3, -0.25) is 14.4 Å². The highest BCUT2D eigenvalue weighted by atomic mass is 16.4. The molecule has 1 heterocycles. The molecular formula is C18H19N3O4. The molecule has 3 N–H and O–H groups in total. The Labute approximate surface area is 145 Å². The van der Waals surface area contributed by atoms with Crippen molar-refractivity contribution in [2.24, 2.45) is 0 Å². The van der Waals surface area contributed by atoms with Gasteiger partial charge in [-0.1, -0.05) is 24.3 Å². The Morgan fingerprint density at radius 3 is 2.56 bits per heavy atom. The molecule has 0 saturated carbocycles. The number of aliphatic carboxylic acids is 1. The Kier molecular flexibility index (Phi) is 5.84. The molecule has 7 nitrogen and oxygen atoms in total. The molecule has 25 heavy (non-hydrogen) atoms.